The number of benzene rings is 2. The second kappa shape index (κ2) is 9.38. The Morgan fingerprint density at radius 3 is 2.61 bits per heavy atom. The first-order valence-corrected chi connectivity index (χ1v) is 10.4. The second-order valence-corrected chi connectivity index (χ2v) is 7.74. The number of nitriles is 1. The molecule has 1 saturated heterocycles. The standard InChI is InChI=1S/C24H22F2N4O3/c1-30-23(31)21(14-7-8-20(32-2)19(26)10-14)22(15-5-6-16(12-27)18(25)11-15)29-24(30)33-13-17-4-3-9-28-17/h5-8,10-11,17,28H,3-4,9,13H2,1-2H3. The molecule has 2 heterocycles. The average Bonchev–Trinajstić information content (AvgIpc) is 3.33. The van der Waals surface area contributed by atoms with Gasteiger partial charge in [-0.25, -0.2) is 8.78 Å². The summed E-state index contributed by atoms with van der Waals surface area (Å²) < 4.78 is 40.9. The molecule has 1 unspecified atom stereocenters. The predicted octanol–water partition coefficient (Wildman–Crippen LogP) is 3.40. The Kier molecular flexibility index (Phi) is 6.38. The van der Waals surface area contributed by atoms with E-state index in [1.165, 1.54) is 49.1 Å². The van der Waals surface area contributed by atoms with Crippen molar-refractivity contribution in [3.05, 3.63) is 63.9 Å². The van der Waals surface area contributed by atoms with Crippen LogP contribution >= 0.6 is 0 Å². The molecule has 7 nitrogen and oxygen atoms in total. The lowest BCUT2D eigenvalue weighted by Crippen LogP contribution is -2.31. The summed E-state index contributed by atoms with van der Waals surface area (Å²) in [5.74, 6) is -1.37. The van der Waals surface area contributed by atoms with E-state index in [0.29, 0.717) is 6.61 Å². The van der Waals surface area contributed by atoms with E-state index < -0.39 is 17.2 Å². The van der Waals surface area contributed by atoms with Gasteiger partial charge in [-0.05, 0) is 49.2 Å². The van der Waals surface area contributed by atoms with Gasteiger partial charge in [0.15, 0.2) is 11.6 Å². The number of aromatic nitrogens is 2. The highest BCUT2D eigenvalue weighted by atomic mass is 19.1. The Morgan fingerprint density at radius 1 is 1.21 bits per heavy atom. The van der Waals surface area contributed by atoms with Gasteiger partial charge in [0, 0.05) is 18.7 Å². The number of nitrogens with zero attached hydrogens (tertiary/aromatic N) is 3. The summed E-state index contributed by atoms with van der Waals surface area (Å²) >= 11 is 0. The van der Waals surface area contributed by atoms with Crippen molar-refractivity contribution in [2.45, 2.75) is 18.9 Å². The van der Waals surface area contributed by atoms with Crippen LogP contribution in [0.4, 0.5) is 8.78 Å². The maximum Gasteiger partial charge on any atom is 0.299 e. The first-order chi connectivity index (χ1) is 15.9. The first kappa shape index (κ1) is 22.4. The van der Waals surface area contributed by atoms with Crippen LogP contribution in [0.2, 0.25) is 0 Å². The van der Waals surface area contributed by atoms with E-state index in [-0.39, 0.29) is 45.7 Å². The van der Waals surface area contributed by atoms with Gasteiger partial charge >= 0.3 is 0 Å². The van der Waals surface area contributed by atoms with Crippen LogP contribution in [-0.2, 0) is 7.05 Å². The molecule has 170 valence electrons. The summed E-state index contributed by atoms with van der Waals surface area (Å²) in [4.78, 5) is 17.9. The molecular weight excluding hydrogens is 430 g/mol. The van der Waals surface area contributed by atoms with E-state index in [0.717, 1.165) is 25.5 Å². The number of hydrogen-bond acceptors (Lipinski definition) is 6. The van der Waals surface area contributed by atoms with Gasteiger partial charge in [-0.3, -0.25) is 9.36 Å². The van der Waals surface area contributed by atoms with Crippen LogP contribution in [0, 0.1) is 23.0 Å². The zero-order chi connectivity index (χ0) is 23.5. The molecular formula is C24H22F2N4O3. The summed E-state index contributed by atoms with van der Waals surface area (Å²) in [5.41, 5.74) is 0.103. The van der Waals surface area contributed by atoms with Crippen molar-refractivity contribution >= 4 is 0 Å². The fraction of sp³-hybridized carbons (Fsp3) is 0.292. The summed E-state index contributed by atoms with van der Waals surface area (Å²) in [6.07, 6.45) is 1.99. The van der Waals surface area contributed by atoms with Crippen molar-refractivity contribution in [1.82, 2.24) is 14.9 Å². The fourth-order valence-corrected chi connectivity index (χ4v) is 3.83. The largest absolute Gasteiger partial charge is 0.494 e. The molecule has 1 atom stereocenters. The zero-order valence-corrected chi connectivity index (χ0v) is 18.2. The predicted molar refractivity (Wildman–Crippen MR) is 118 cm³/mol. The van der Waals surface area contributed by atoms with Crippen LogP contribution < -0.4 is 20.3 Å². The summed E-state index contributed by atoms with van der Waals surface area (Å²) in [6, 6.07) is 10.0. The molecule has 3 aromatic rings. The molecule has 1 aromatic heterocycles. The zero-order valence-electron chi connectivity index (χ0n) is 18.2. The molecule has 9 heteroatoms. The molecule has 0 bridgehead atoms. The monoisotopic (exact) mass is 452 g/mol. The molecule has 1 aliphatic rings. The minimum absolute atomic E-state index is 0.0264. The van der Waals surface area contributed by atoms with Crippen molar-refractivity contribution in [3.8, 4) is 40.2 Å². The van der Waals surface area contributed by atoms with Crippen molar-refractivity contribution in [2.24, 2.45) is 7.05 Å². The Bertz CT molecular complexity index is 1290. The number of nitrogens with one attached hydrogen (secondary N) is 1. The molecule has 1 fully saturated rings. The topological polar surface area (TPSA) is 89.2 Å². The van der Waals surface area contributed by atoms with Crippen molar-refractivity contribution < 1.29 is 18.3 Å². The van der Waals surface area contributed by atoms with Crippen LogP contribution in [0.1, 0.15) is 18.4 Å². The highest BCUT2D eigenvalue weighted by Crippen LogP contribution is 2.32. The van der Waals surface area contributed by atoms with E-state index >= 15 is 0 Å². The summed E-state index contributed by atoms with van der Waals surface area (Å²) in [7, 11) is 2.86. The minimum Gasteiger partial charge on any atom is -0.494 e. The summed E-state index contributed by atoms with van der Waals surface area (Å²) in [5, 5.41) is 12.4. The molecule has 0 aliphatic carbocycles. The Hall–Kier alpha value is -3.77. The van der Waals surface area contributed by atoms with Crippen molar-refractivity contribution in [3.63, 3.8) is 0 Å². The van der Waals surface area contributed by atoms with E-state index in [4.69, 9.17) is 14.7 Å². The minimum atomic E-state index is -0.748. The van der Waals surface area contributed by atoms with Gasteiger partial charge in [0.05, 0.1) is 23.9 Å². The lowest BCUT2D eigenvalue weighted by molar-refractivity contribution is 0.246. The van der Waals surface area contributed by atoms with Crippen LogP contribution in [0.5, 0.6) is 11.8 Å². The third-order valence-electron chi connectivity index (χ3n) is 5.63. The molecule has 2 aromatic carbocycles. The highest BCUT2D eigenvalue weighted by molar-refractivity contribution is 5.81. The molecule has 0 radical (unpaired) electrons. The van der Waals surface area contributed by atoms with E-state index in [1.54, 1.807) is 6.07 Å². The van der Waals surface area contributed by atoms with Crippen LogP contribution in [0.15, 0.2) is 41.2 Å². The normalized spacial score (nSPS) is 15.3. The van der Waals surface area contributed by atoms with Gasteiger partial charge < -0.3 is 14.8 Å². The molecule has 4 rings (SSSR count). The highest BCUT2D eigenvalue weighted by Gasteiger charge is 2.22. The first-order valence-electron chi connectivity index (χ1n) is 10.4. The second-order valence-electron chi connectivity index (χ2n) is 7.74. The number of methoxy groups -OCH3 is 1. The Balaban J connectivity index is 1.88. The van der Waals surface area contributed by atoms with Crippen LogP contribution in [0.25, 0.3) is 22.4 Å². The molecule has 0 saturated carbocycles. The lowest BCUT2D eigenvalue weighted by Gasteiger charge is -2.17. The van der Waals surface area contributed by atoms with Gasteiger partial charge in [-0.2, -0.15) is 10.2 Å². The molecule has 0 amide bonds. The average molecular weight is 452 g/mol. The van der Waals surface area contributed by atoms with Gasteiger partial charge in [0.2, 0.25) is 0 Å². The molecule has 1 aliphatic heterocycles. The van der Waals surface area contributed by atoms with E-state index in [2.05, 4.69) is 10.3 Å². The van der Waals surface area contributed by atoms with Crippen LogP contribution in [-0.4, -0.2) is 35.9 Å². The third kappa shape index (κ3) is 4.43. The molecule has 33 heavy (non-hydrogen) atoms. The Morgan fingerprint density at radius 2 is 1.97 bits per heavy atom. The number of halogens is 2. The van der Waals surface area contributed by atoms with Gasteiger partial charge in [-0.15, -0.1) is 0 Å². The number of hydrogen-bond donors (Lipinski definition) is 1. The fourth-order valence-electron chi connectivity index (χ4n) is 3.83. The van der Waals surface area contributed by atoms with Crippen molar-refractivity contribution in [1.29, 1.82) is 5.26 Å². The third-order valence-corrected chi connectivity index (χ3v) is 5.63. The smallest absolute Gasteiger partial charge is 0.299 e. The lowest BCUT2D eigenvalue weighted by atomic mass is 9.99. The van der Waals surface area contributed by atoms with E-state index in [9.17, 15) is 13.6 Å². The Labute approximate surface area is 189 Å². The van der Waals surface area contributed by atoms with Crippen molar-refractivity contribution in [2.75, 3.05) is 20.3 Å². The SMILES string of the molecule is COc1ccc(-c2c(-c3ccc(C#N)c(F)c3)nc(OCC3CCCN3)n(C)c2=O)cc1F. The van der Waals surface area contributed by atoms with Gasteiger partial charge in [0.25, 0.3) is 11.6 Å². The van der Waals surface area contributed by atoms with Gasteiger partial charge in [0.1, 0.15) is 18.5 Å². The maximum atomic E-state index is 14.5. The van der Waals surface area contributed by atoms with Crippen LogP contribution in [0.3, 0.4) is 0 Å². The molecule has 0 spiro atoms. The quantitative estimate of drug-likeness (QED) is 0.617. The van der Waals surface area contributed by atoms with Gasteiger partial charge in [-0.1, -0.05) is 12.1 Å². The van der Waals surface area contributed by atoms with E-state index in [1.807, 2.05) is 0 Å². The number of rotatable bonds is 6. The maximum absolute atomic E-state index is 14.5. The number of ether oxygens (including phenoxy) is 2. The molecule has 1 N–H and O–H groups in total. The summed E-state index contributed by atoms with van der Waals surface area (Å²) in [6.45, 7) is 1.22.